The lowest BCUT2D eigenvalue weighted by Gasteiger charge is -2.41. The quantitative estimate of drug-likeness (QED) is 0.304. The first-order valence-electron chi connectivity index (χ1n) is 9.84. The molecule has 1 aliphatic rings. The molecule has 2 heterocycles. The fraction of sp³-hybridized carbons (Fsp3) is 0.650. The van der Waals surface area contributed by atoms with Gasteiger partial charge in [0.15, 0.2) is 5.96 Å². The van der Waals surface area contributed by atoms with Crippen molar-refractivity contribution < 1.29 is 4.79 Å². The molecule has 0 spiro atoms. The number of hydrogen-bond donors (Lipinski definition) is 3. The third-order valence-electron chi connectivity index (χ3n) is 4.92. The minimum absolute atomic E-state index is 0. The average molecular weight is 502 g/mol. The minimum atomic E-state index is -0.0651. The van der Waals surface area contributed by atoms with E-state index in [0.29, 0.717) is 18.8 Å². The van der Waals surface area contributed by atoms with Gasteiger partial charge in [-0.3, -0.25) is 14.7 Å². The van der Waals surface area contributed by atoms with Gasteiger partial charge in [0.25, 0.3) is 0 Å². The molecule has 1 aromatic rings. The van der Waals surface area contributed by atoms with Gasteiger partial charge in [0.1, 0.15) is 5.82 Å². The number of piperidine rings is 1. The Morgan fingerprint density at radius 1 is 1.21 bits per heavy atom. The van der Waals surface area contributed by atoms with E-state index in [2.05, 4.69) is 44.7 Å². The summed E-state index contributed by atoms with van der Waals surface area (Å²) >= 11 is 0. The molecule has 0 aromatic carbocycles. The zero-order valence-electron chi connectivity index (χ0n) is 17.5. The highest BCUT2D eigenvalue weighted by molar-refractivity contribution is 14.0. The number of aryl methyl sites for hydroxylation is 1. The predicted octanol–water partition coefficient (Wildman–Crippen LogP) is 2.77. The number of amides is 1. The van der Waals surface area contributed by atoms with Crippen molar-refractivity contribution in [3.8, 4) is 0 Å². The Hall–Kier alpha value is -1.42. The molecule has 1 fully saturated rings. The van der Waals surface area contributed by atoms with Gasteiger partial charge in [0, 0.05) is 37.8 Å². The van der Waals surface area contributed by atoms with E-state index in [9.17, 15) is 4.79 Å². The number of nitrogens with zero attached hydrogens (tertiary/aromatic N) is 3. The van der Waals surface area contributed by atoms with E-state index in [-0.39, 0.29) is 35.4 Å². The number of likely N-dealkylation sites (tertiary alicyclic amines) is 1. The van der Waals surface area contributed by atoms with Crippen LogP contribution in [0.3, 0.4) is 0 Å². The summed E-state index contributed by atoms with van der Waals surface area (Å²) in [5.41, 5.74) is 0.957. The Morgan fingerprint density at radius 2 is 1.93 bits per heavy atom. The van der Waals surface area contributed by atoms with E-state index in [1.165, 1.54) is 19.3 Å². The second kappa shape index (κ2) is 12.2. The van der Waals surface area contributed by atoms with Crippen LogP contribution in [0.5, 0.6) is 0 Å². The maximum atomic E-state index is 12.1. The Morgan fingerprint density at radius 3 is 2.57 bits per heavy atom. The van der Waals surface area contributed by atoms with E-state index in [1.807, 2.05) is 19.1 Å². The van der Waals surface area contributed by atoms with Crippen molar-refractivity contribution in [3.63, 3.8) is 0 Å². The van der Waals surface area contributed by atoms with Crippen LogP contribution in [0.4, 0.5) is 5.82 Å². The van der Waals surface area contributed by atoms with Gasteiger partial charge in [-0.2, -0.15) is 0 Å². The maximum absolute atomic E-state index is 12.1. The molecule has 0 bridgehead atoms. The van der Waals surface area contributed by atoms with Crippen LogP contribution in [0, 0.1) is 6.92 Å². The lowest BCUT2D eigenvalue weighted by molar-refractivity contribution is -0.116. The van der Waals surface area contributed by atoms with Crippen LogP contribution in [0.15, 0.2) is 23.2 Å². The summed E-state index contributed by atoms with van der Waals surface area (Å²) in [5, 5.41) is 9.42. The van der Waals surface area contributed by atoms with Crippen LogP contribution in [-0.4, -0.2) is 60.5 Å². The molecule has 2 rings (SSSR count). The Kier molecular flexibility index (Phi) is 10.7. The van der Waals surface area contributed by atoms with Crippen molar-refractivity contribution >= 4 is 41.7 Å². The highest BCUT2D eigenvalue weighted by Gasteiger charge is 2.27. The molecule has 3 N–H and O–H groups in total. The number of pyridine rings is 1. The van der Waals surface area contributed by atoms with Crippen molar-refractivity contribution in [3.05, 3.63) is 23.9 Å². The first-order chi connectivity index (χ1) is 12.9. The van der Waals surface area contributed by atoms with Crippen molar-refractivity contribution in [2.24, 2.45) is 4.99 Å². The summed E-state index contributed by atoms with van der Waals surface area (Å²) in [6, 6.07) is 5.58. The molecule has 7 nitrogen and oxygen atoms in total. The van der Waals surface area contributed by atoms with E-state index >= 15 is 0 Å². The SMILES string of the molecule is CN=C(NCCC(=O)Nc1cccc(C)n1)NCC(C)(C)N1CCCCC1.I. The van der Waals surface area contributed by atoms with E-state index in [1.54, 1.807) is 13.1 Å². The molecule has 1 aliphatic heterocycles. The van der Waals surface area contributed by atoms with E-state index < -0.39 is 0 Å². The van der Waals surface area contributed by atoms with Gasteiger partial charge < -0.3 is 16.0 Å². The number of aliphatic imine (C=N–C) groups is 1. The van der Waals surface area contributed by atoms with Gasteiger partial charge in [-0.25, -0.2) is 4.98 Å². The van der Waals surface area contributed by atoms with Gasteiger partial charge in [-0.15, -0.1) is 24.0 Å². The van der Waals surface area contributed by atoms with Gasteiger partial charge in [-0.1, -0.05) is 12.5 Å². The molecule has 28 heavy (non-hydrogen) atoms. The number of rotatable bonds is 7. The van der Waals surface area contributed by atoms with Gasteiger partial charge >= 0.3 is 0 Å². The largest absolute Gasteiger partial charge is 0.356 e. The average Bonchev–Trinajstić information content (AvgIpc) is 2.65. The normalized spacial score (nSPS) is 15.5. The maximum Gasteiger partial charge on any atom is 0.227 e. The van der Waals surface area contributed by atoms with E-state index in [0.717, 1.165) is 31.3 Å². The fourth-order valence-electron chi connectivity index (χ4n) is 3.24. The minimum Gasteiger partial charge on any atom is -0.356 e. The van der Waals surface area contributed by atoms with E-state index in [4.69, 9.17) is 0 Å². The molecule has 1 saturated heterocycles. The molecule has 158 valence electrons. The summed E-state index contributed by atoms with van der Waals surface area (Å²) in [7, 11) is 1.75. The monoisotopic (exact) mass is 502 g/mol. The number of aromatic nitrogens is 1. The van der Waals surface area contributed by atoms with Crippen LogP contribution >= 0.6 is 24.0 Å². The molecule has 0 saturated carbocycles. The molecule has 0 aliphatic carbocycles. The van der Waals surface area contributed by atoms with Crippen molar-refractivity contribution in [1.29, 1.82) is 0 Å². The number of carbonyl (C=O) groups excluding carboxylic acids is 1. The molecule has 0 atom stereocenters. The van der Waals surface area contributed by atoms with Crippen LogP contribution in [-0.2, 0) is 4.79 Å². The smallest absolute Gasteiger partial charge is 0.227 e. The van der Waals surface area contributed by atoms with Gasteiger partial charge in [0.05, 0.1) is 0 Å². The van der Waals surface area contributed by atoms with Gasteiger partial charge in [-0.05, 0) is 58.8 Å². The van der Waals surface area contributed by atoms with Crippen LogP contribution < -0.4 is 16.0 Å². The third-order valence-corrected chi connectivity index (χ3v) is 4.92. The zero-order valence-corrected chi connectivity index (χ0v) is 19.9. The Labute approximate surface area is 186 Å². The number of nitrogens with one attached hydrogen (secondary N) is 3. The molecule has 0 radical (unpaired) electrons. The van der Waals surface area contributed by atoms with Crippen LogP contribution in [0.25, 0.3) is 0 Å². The number of carbonyl (C=O) groups is 1. The van der Waals surface area contributed by atoms with Crippen molar-refractivity contribution in [1.82, 2.24) is 20.5 Å². The lowest BCUT2D eigenvalue weighted by Crippen LogP contribution is -2.55. The predicted molar refractivity (Wildman–Crippen MR) is 127 cm³/mol. The topological polar surface area (TPSA) is 81.6 Å². The molecule has 1 aromatic heterocycles. The second-order valence-corrected chi connectivity index (χ2v) is 7.68. The Bertz CT molecular complexity index is 643. The number of guanidine groups is 1. The summed E-state index contributed by atoms with van der Waals surface area (Å²) in [6.07, 6.45) is 4.25. The summed E-state index contributed by atoms with van der Waals surface area (Å²) in [4.78, 5) is 23.1. The third kappa shape index (κ3) is 8.30. The highest BCUT2D eigenvalue weighted by atomic mass is 127. The number of hydrogen-bond acceptors (Lipinski definition) is 4. The summed E-state index contributed by atoms with van der Waals surface area (Å²) < 4.78 is 0. The summed E-state index contributed by atoms with van der Waals surface area (Å²) in [6.45, 7) is 10.1. The summed E-state index contributed by atoms with van der Waals surface area (Å²) in [5.74, 6) is 1.25. The lowest BCUT2D eigenvalue weighted by atomic mass is 9.98. The molecular weight excluding hydrogens is 467 g/mol. The number of anilines is 1. The van der Waals surface area contributed by atoms with Crippen LogP contribution in [0.1, 0.15) is 45.2 Å². The Balaban J connectivity index is 0.00000392. The number of halogens is 1. The highest BCUT2D eigenvalue weighted by Crippen LogP contribution is 2.19. The first kappa shape index (κ1) is 24.6. The molecule has 1 amide bonds. The molecular formula is C20H35IN6O. The van der Waals surface area contributed by atoms with Crippen molar-refractivity contribution in [2.75, 3.05) is 38.5 Å². The first-order valence-corrected chi connectivity index (χ1v) is 9.84. The second-order valence-electron chi connectivity index (χ2n) is 7.68. The van der Waals surface area contributed by atoms with Crippen LogP contribution in [0.2, 0.25) is 0 Å². The molecule has 8 heteroatoms. The zero-order chi connectivity index (χ0) is 19.7. The molecule has 0 unspecified atom stereocenters. The standard InChI is InChI=1S/C20H34N6O.HI/c1-16-9-8-10-17(24-16)25-18(27)11-12-22-19(21-4)23-15-20(2,3)26-13-6-5-7-14-26;/h8-10H,5-7,11-15H2,1-4H3,(H2,21,22,23)(H,24,25,27);1H. The van der Waals surface area contributed by atoms with Crippen molar-refractivity contribution in [2.45, 2.75) is 52.0 Å². The fourth-order valence-corrected chi connectivity index (χ4v) is 3.24. The van der Waals surface area contributed by atoms with Gasteiger partial charge in [0.2, 0.25) is 5.91 Å².